The number of unbranched alkanes of at least 4 members (excludes halogenated alkanes) is 8. The average molecular weight is 563 g/mol. The standard InChI is InChI=1S/C33H46N4O4/c1-5-7-8-9-10-11-12-13-17-20-28(38)37-22-21-36(24-25(37)3)32(39)30-29(33(40)41-23-6-2)26(4)34-31(35-30)27-18-15-14-16-19-27/h6,14-16,18-19,25H,2,5,7-13,17,20-24H2,1,3-4H3. The van der Waals surface area contributed by atoms with Gasteiger partial charge < -0.3 is 14.5 Å². The number of benzene rings is 1. The molecular weight excluding hydrogens is 516 g/mol. The largest absolute Gasteiger partial charge is 0.458 e. The minimum Gasteiger partial charge on any atom is -0.458 e. The van der Waals surface area contributed by atoms with Crippen LogP contribution in [0.1, 0.15) is 105 Å². The van der Waals surface area contributed by atoms with Gasteiger partial charge in [-0.2, -0.15) is 0 Å². The summed E-state index contributed by atoms with van der Waals surface area (Å²) in [6, 6.07) is 9.22. The van der Waals surface area contributed by atoms with Crippen molar-refractivity contribution in [1.82, 2.24) is 19.8 Å². The van der Waals surface area contributed by atoms with E-state index in [2.05, 4.69) is 23.5 Å². The van der Waals surface area contributed by atoms with Gasteiger partial charge >= 0.3 is 5.97 Å². The Labute approximate surface area is 245 Å². The lowest BCUT2D eigenvalue weighted by Crippen LogP contribution is -2.55. The predicted octanol–water partition coefficient (Wildman–Crippen LogP) is 6.39. The van der Waals surface area contributed by atoms with Crippen LogP contribution in [0.2, 0.25) is 0 Å². The molecule has 3 rings (SSSR count). The van der Waals surface area contributed by atoms with Crippen LogP contribution < -0.4 is 0 Å². The van der Waals surface area contributed by atoms with E-state index < -0.39 is 5.97 Å². The number of carbonyl (C=O) groups excluding carboxylic acids is 3. The molecule has 0 spiro atoms. The minimum atomic E-state index is -0.659. The number of hydrogen-bond acceptors (Lipinski definition) is 6. The Morgan fingerprint density at radius 2 is 1.63 bits per heavy atom. The number of esters is 1. The highest BCUT2D eigenvalue weighted by molar-refractivity contribution is 6.05. The number of carbonyl (C=O) groups is 3. The molecule has 1 fully saturated rings. The summed E-state index contributed by atoms with van der Waals surface area (Å²) in [5.74, 6) is -0.510. The fraction of sp³-hybridized carbons (Fsp3) is 0.545. The van der Waals surface area contributed by atoms with Crippen LogP contribution >= 0.6 is 0 Å². The van der Waals surface area contributed by atoms with Gasteiger partial charge in [0.1, 0.15) is 17.9 Å². The fourth-order valence-corrected chi connectivity index (χ4v) is 5.29. The first-order valence-electron chi connectivity index (χ1n) is 15.2. The van der Waals surface area contributed by atoms with E-state index in [1.165, 1.54) is 51.0 Å². The molecule has 1 atom stereocenters. The summed E-state index contributed by atoms with van der Waals surface area (Å²) in [4.78, 5) is 52.4. The van der Waals surface area contributed by atoms with Gasteiger partial charge in [-0.25, -0.2) is 14.8 Å². The molecule has 0 radical (unpaired) electrons. The number of aromatic nitrogens is 2. The summed E-state index contributed by atoms with van der Waals surface area (Å²) in [6.45, 7) is 10.7. The number of nitrogens with zero attached hydrogens (tertiary/aromatic N) is 4. The van der Waals surface area contributed by atoms with Crippen LogP contribution in [0.15, 0.2) is 43.0 Å². The maximum Gasteiger partial charge on any atom is 0.342 e. The zero-order valence-electron chi connectivity index (χ0n) is 25.1. The molecule has 1 unspecified atom stereocenters. The molecule has 8 heteroatoms. The molecule has 2 heterocycles. The van der Waals surface area contributed by atoms with E-state index in [1.54, 1.807) is 11.8 Å². The monoisotopic (exact) mass is 562 g/mol. The highest BCUT2D eigenvalue weighted by atomic mass is 16.5. The van der Waals surface area contributed by atoms with Gasteiger partial charge in [0.2, 0.25) is 5.91 Å². The summed E-state index contributed by atoms with van der Waals surface area (Å²) in [7, 11) is 0. The fourth-order valence-electron chi connectivity index (χ4n) is 5.29. The van der Waals surface area contributed by atoms with Crippen LogP contribution in [0.4, 0.5) is 0 Å². The van der Waals surface area contributed by atoms with Crippen molar-refractivity contribution >= 4 is 17.8 Å². The van der Waals surface area contributed by atoms with Crippen molar-refractivity contribution in [3.8, 4) is 11.4 Å². The Morgan fingerprint density at radius 3 is 2.27 bits per heavy atom. The van der Waals surface area contributed by atoms with Gasteiger partial charge in [0.15, 0.2) is 5.82 Å². The molecular formula is C33H46N4O4. The molecule has 1 saturated heterocycles. The SMILES string of the molecule is C=CCOC(=O)c1c(C)nc(-c2ccccc2)nc1C(=O)N1CCN(C(=O)CCCCCCCCCCC)C(C)C1. The van der Waals surface area contributed by atoms with Crippen LogP contribution in [0.25, 0.3) is 11.4 Å². The third kappa shape index (κ3) is 9.23. The summed E-state index contributed by atoms with van der Waals surface area (Å²) in [5.41, 5.74) is 1.20. The minimum absolute atomic E-state index is 0.0170. The maximum absolute atomic E-state index is 13.8. The van der Waals surface area contributed by atoms with Crippen LogP contribution in [-0.4, -0.2) is 69.8 Å². The Kier molecular flexibility index (Phi) is 13.0. The number of piperazine rings is 1. The van der Waals surface area contributed by atoms with Crippen molar-refractivity contribution in [2.45, 2.75) is 91.0 Å². The topological polar surface area (TPSA) is 92.7 Å². The Balaban J connectivity index is 1.63. The quantitative estimate of drug-likeness (QED) is 0.142. The molecule has 1 aromatic heterocycles. The Bertz CT molecular complexity index is 1170. The van der Waals surface area contributed by atoms with E-state index in [4.69, 9.17) is 4.74 Å². The van der Waals surface area contributed by atoms with E-state index >= 15 is 0 Å². The summed E-state index contributed by atoms with van der Waals surface area (Å²) in [6.07, 6.45) is 12.9. The molecule has 0 aliphatic carbocycles. The molecule has 41 heavy (non-hydrogen) atoms. The van der Waals surface area contributed by atoms with Crippen LogP contribution in [-0.2, 0) is 9.53 Å². The number of aryl methyl sites for hydroxylation is 1. The highest BCUT2D eigenvalue weighted by Crippen LogP contribution is 2.23. The highest BCUT2D eigenvalue weighted by Gasteiger charge is 2.33. The second-order valence-corrected chi connectivity index (χ2v) is 10.9. The van der Waals surface area contributed by atoms with Crippen molar-refractivity contribution in [2.75, 3.05) is 26.2 Å². The van der Waals surface area contributed by atoms with E-state index in [0.29, 0.717) is 37.6 Å². The van der Waals surface area contributed by atoms with E-state index in [-0.39, 0.29) is 35.7 Å². The van der Waals surface area contributed by atoms with Gasteiger partial charge in [0.25, 0.3) is 5.91 Å². The maximum atomic E-state index is 13.8. The molecule has 2 amide bonds. The smallest absolute Gasteiger partial charge is 0.342 e. The molecule has 222 valence electrons. The van der Waals surface area contributed by atoms with E-state index in [9.17, 15) is 14.4 Å². The van der Waals surface area contributed by atoms with Gasteiger partial charge in [-0.05, 0) is 20.3 Å². The Hall–Kier alpha value is -3.55. The predicted molar refractivity (Wildman–Crippen MR) is 162 cm³/mol. The molecule has 0 bridgehead atoms. The van der Waals surface area contributed by atoms with Crippen molar-refractivity contribution in [3.63, 3.8) is 0 Å². The summed E-state index contributed by atoms with van der Waals surface area (Å²) >= 11 is 0. The van der Waals surface area contributed by atoms with E-state index in [1.807, 2.05) is 42.2 Å². The zero-order chi connectivity index (χ0) is 29.6. The number of hydrogen-bond donors (Lipinski definition) is 0. The second kappa shape index (κ2) is 16.7. The molecule has 8 nitrogen and oxygen atoms in total. The average Bonchev–Trinajstić information content (AvgIpc) is 2.98. The van der Waals surface area contributed by atoms with Crippen molar-refractivity contribution in [1.29, 1.82) is 0 Å². The lowest BCUT2D eigenvalue weighted by molar-refractivity contribution is -0.135. The Morgan fingerprint density at radius 1 is 0.976 bits per heavy atom. The zero-order valence-corrected chi connectivity index (χ0v) is 25.1. The summed E-state index contributed by atoms with van der Waals surface area (Å²) < 4.78 is 5.27. The molecule has 1 aliphatic heterocycles. The van der Waals surface area contributed by atoms with Crippen molar-refractivity contribution < 1.29 is 19.1 Å². The van der Waals surface area contributed by atoms with Crippen LogP contribution in [0.3, 0.4) is 0 Å². The molecule has 0 saturated carbocycles. The third-order valence-electron chi connectivity index (χ3n) is 7.59. The van der Waals surface area contributed by atoms with Crippen molar-refractivity contribution in [2.24, 2.45) is 0 Å². The third-order valence-corrected chi connectivity index (χ3v) is 7.59. The van der Waals surface area contributed by atoms with Crippen molar-refractivity contribution in [3.05, 3.63) is 59.9 Å². The summed E-state index contributed by atoms with van der Waals surface area (Å²) in [5, 5.41) is 0. The lowest BCUT2D eigenvalue weighted by atomic mass is 10.1. The van der Waals surface area contributed by atoms with Crippen LogP contribution in [0, 0.1) is 6.92 Å². The van der Waals surface area contributed by atoms with Gasteiger partial charge in [-0.15, -0.1) is 0 Å². The van der Waals surface area contributed by atoms with Gasteiger partial charge in [-0.1, -0.05) is 101 Å². The molecule has 2 aromatic rings. The first-order valence-corrected chi connectivity index (χ1v) is 15.2. The number of rotatable bonds is 15. The van der Waals surface area contributed by atoms with Gasteiger partial charge in [-0.3, -0.25) is 9.59 Å². The molecule has 1 aromatic carbocycles. The second-order valence-electron chi connectivity index (χ2n) is 10.9. The van der Waals surface area contributed by atoms with E-state index in [0.717, 1.165) is 18.4 Å². The van der Waals surface area contributed by atoms with Gasteiger partial charge in [0, 0.05) is 37.7 Å². The van der Waals surface area contributed by atoms with Crippen LogP contribution in [0.5, 0.6) is 0 Å². The first-order chi connectivity index (χ1) is 19.9. The lowest BCUT2D eigenvalue weighted by Gasteiger charge is -2.40. The molecule has 0 N–H and O–H groups in total. The normalized spacial score (nSPS) is 15.0. The first kappa shape index (κ1) is 32.0. The number of amides is 2. The molecule has 1 aliphatic rings. The number of ether oxygens (including phenoxy) is 1. The van der Waals surface area contributed by atoms with Gasteiger partial charge in [0.05, 0.1) is 5.69 Å².